The molecular weight excluding hydrogens is 341 g/mol. The minimum Gasteiger partial charge on any atom is -0.479 e. The number of nitrogens with one attached hydrogen (secondary N) is 1. The molecule has 0 aliphatic rings. The van der Waals surface area contributed by atoms with Crippen molar-refractivity contribution in [2.75, 3.05) is 0 Å². The molecule has 0 bridgehead atoms. The lowest BCUT2D eigenvalue weighted by Gasteiger charge is -2.15. The molecule has 0 fully saturated rings. The van der Waals surface area contributed by atoms with Gasteiger partial charge < -0.3 is 10.4 Å². The monoisotopic (exact) mass is 355 g/mol. The summed E-state index contributed by atoms with van der Waals surface area (Å²) in [6.07, 6.45) is 0.638. The second-order valence-electron chi connectivity index (χ2n) is 5.05. The van der Waals surface area contributed by atoms with Crippen molar-refractivity contribution in [3.05, 3.63) is 56.5 Å². The van der Waals surface area contributed by atoms with Crippen LogP contribution in [0.1, 0.15) is 28.5 Å². The van der Waals surface area contributed by atoms with Gasteiger partial charge in [-0.3, -0.25) is 4.79 Å². The molecule has 0 aliphatic carbocycles. The molecule has 0 saturated heterocycles. The highest BCUT2D eigenvalue weighted by molar-refractivity contribution is 7.16. The van der Waals surface area contributed by atoms with Gasteiger partial charge in [-0.15, -0.1) is 11.3 Å². The summed E-state index contributed by atoms with van der Waals surface area (Å²) in [6.45, 7) is 1.54. The number of carboxylic acids is 1. The summed E-state index contributed by atoms with van der Waals surface area (Å²) in [5.41, 5.74) is 0.667. The fraction of sp³-hybridized carbons (Fsp3) is 0.250. The Morgan fingerprint density at radius 1 is 1.35 bits per heavy atom. The first-order valence-corrected chi connectivity index (χ1v) is 8.08. The molecule has 1 heterocycles. The Morgan fingerprint density at radius 3 is 2.65 bits per heavy atom. The number of carbonyl (C=O) groups excluding carboxylic acids is 1. The van der Waals surface area contributed by atoms with E-state index in [0.717, 1.165) is 4.88 Å². The van der Waals surface area contributed by atoms with E-state index in [4.69, 9.17) is 11.6 Å². The number of carboxylic acid groups (broad SMARTS) is 1. The highest BCUT2D eigenvalue weighted by Gasteiger charge is 2.22. The van der Waals surface area contributed by atoms with Gasteiger partial charge >= 0.3 is 5.97 Å². The van der Waals surface area contributed by atoms with Gasteiger partial charge in [-0.05, 0) is 42.7 Å². The molecule has 1 aromatic carbocycles. The topological polar surface area (TPSA) is 66.4 Å². The van der Waals surface area contributed by atoms with Crippen LogP contribution in [-0.2, 0) is 16.0 Å². The molecular formula is C16H15ClFNO3S. The zero-order valence-electron chi connectivity index (χ0n) is 12.3. The molecule has 1 atom stereocenters. The third kappa shape index (κ3) is 4.77. The van der Waals surface area contributed by atoms with Crippen LogP contribution in [0.25, 0.3) is 0 Å². The minimum absolute atomic E-state index is 0.154. The number of aliphatic carboxylic acids is 1. The third-order valence-electron chi connectivity index (χ3n) is 3.29. The van der Waals surface area contributed by atoms with Crippen molar-refractivity contribution in [1.29, 1.82) is 0 Å². The number of amides is 1. The lowest BCUT2D eigenvalue weighted by Crippen LogP contribution is -2.33. The Kier molecular flexibility index (Phi) is 5.74. The van der Waals surface area contributed by atoms with Crippen LogP contribution in [0.15, 0.2) is 30.3 Å². The maximum Gasteiger partial charge on any atom is 0.330 e. The molecule has 0 aliphatic heterocycles. The normalized spacial score (nSPS) is 12.0. The van der Waals surface area contributed by atoms with E-state index in [-0.39, 0.29) is 12.3 Å². The maximum absolute atomic E-state index is 13.3. The average molecular weight is 356 g/mol. The number of carbonyl (C=O) groups is 2. The summed E-state index contributed by atoms with van der Waals surface area (Å²) in [7, 11) is 0. The molecule has 2 rings (SSSR count). The van der Waals surface area contributed by atoms with Crippen molar-refractivity contribution >= 4 is 34.8 Å². The van der Waals surface area contributed by atoms with Crippen LogP contribution < -0.4 is 5.32 Å². The number of thiophene rings is 1. The molecule has 23 heavy (non-hydrogen) atoms. The number of benzene rings is 1. The Labute approximate surface area is 141 Å². The average Bonchev–Trinajstić information content (AvgIpc) is 2.91. The first-order valence-electron chi connectivity index (χ1n) is 6.89. The molecule has 0 radical (unpaired) electrons. The second kappa shape index (κ2) is 7.57. The predicted octanol–water partition coefficient (Wildman–Crippen LogP) is 3.72. The van der Waals surface area contributed by atoms with Gasteiger partial charge in [0, 0.05) is 11.3 Å². The maximum atomic E-state index is 13.3. The molecule has 2 aromatic rings. The van der Waals surface area contributed by atoms with Crippen LogP contribution in [0.5, 0.6) is 0 Å². The van der Waals surface area contributed by atoms with Crippen molar-refractivity contribution in [2.45, 2.75) is 25.8 Å². The molecule has 4 nitrogen and oxygen atoms in total. The van der Waals surface area contributed by atoms with Crippen molar-refractivity contribution in [2.24, 2.45) is 0 Å². The zero-order chi connectivity index (χ0) is 17.0. The quantitative estimate of drug-likeness (QED) is 0.829. The van der Waals surface area contributed by atoms with E-state index in [1.807, 2.05) is 6.07 Å². The van der Waals surface area contributed by atoms with Crippen molar-refractivity contribution in [3.8, 4) is 0 Å². The number of hydrogen-bond acceptors (Lipinski definition) is 3. The number of rotatable bonds is 6. The van der Waals surface area contributed by atoms with Crippen molar-refractivity contribution in [1.82, 2.24) is 5.32 Å². The standard InChI is InChI=1S/C16H15ClFNO3S/c1-9-8-10(2-5-12(9)18)15(16(21)22)19-14(20)7-4-11-3-6-13(17)23-11/h2-3,5-6,8,15H,4,7H2,1H3,(H,19,20)(H,21,22). The summed E-state index contributed by atoms with van der Waals surface area (Å²) in [4.78, 5) is 24.3. The smallest absolute Gasteiger partial charge is 0.330 e. The van der Waals surface area contributed by atoms with E-state index in [2.05, 4.69) is 5.32 Å². The van der Waals surface area contributed by atoms with Gasteiger partial charge in [-0.2, -0.15) is 0 Å². The van der Waals surface area contributed by atoms with Gasteiger partial charge in [-0.25, -0.2) is 9.18 Å². The highest BCUT2D eigenvalue weighted by atomic mass is 35.5. The van der Waals surface area contributed by atoms with Crippen molar-refractivity contribution in [3.63, 3.8) is 0 Å². The molecule has 1 amide bonds. The van der Waals surface area contributed by atoms with Crippen LogP contribution >= 0.6 is 22.9 Å². The summed E-state index contributed by atoms with van der Waals surface area (Å²) >= 11 is 7.20. The Morgan fingerprint density at radius 2 is 2.09 bits per heavy atom. The molecule has 0 saturated carbocycles. The van der Waals surface area contributed by atoms with Gasteiger partial charge in [0.15, 0.2) is 6.04 Å². The first-order chi connectivity index (χ1) is 10.9. The second-order valence-corrected chi connectivity index (χ2v) is 6.85. The molecule has 2 N–H and O–H groups in total. The largest absolute Gasteiger partial charge is 0.479 e. The first kappa shape index (κ1) is 17.4. The summed E-state index contributed by atoms with van der Waals surface area (Å²) < 4.78 is 13.9. The Bertz CT molecular complexity index is 732. The predicted molar refractivity (Wildman–Crippen MR) is 87.3 cm³/mol. The fourth-order valence-corrected chi connectivity index (χ4v) is 3.18. The van der Waals surface area contributed by atoms with Crippen LogP contribution in [0.2, 0.25) is 4.34 Å². The summed E-state index contributed by atoms with van der Waals surface area (Å²) in [5.74, 6) is -1.99. The van der Waals surface area contributed by atoms with E-state index >= 15 is 0 Å². The van der Waals surface area contributed by atoms with Gasteiger partial charge in [0.2, 0.25) is 5.91 Å². The van der Waals surface area contributed by atoms with Crippen LogP contribution in [0.3, 0.4) is 0 Å². The van der Waals surface area contributed by atoms with Crippen LogP contribution in [0.4, 0.5) is 4.39 Å². The highest BCUT2D eigenvalue weighted by Crippen LogP contribution is 2.23. The number of hydrogen-bond donors (Lipinski definition) is 2. The van der Waals surface area contributed by atoms with E-state index in [0.29, 0.717) is 21.9 Å². The van der Waals surface area contributed by atoms with Crippen LogP contribution in [0, 0.1) is 12.7 Å². The molecule has 1 unspecified atom stereocenters. The minimum atomic E-state index is -1.20. The van der Waals surface area contributed by atoms with Crippen LogP contribution in [-0.4, -0.2) is 17.0 Å². The lowest BCUT2D eigenvalue weighted by atomic mass is 10.0. The molecule has 122 valence electrons. The van der Waals surface area contributed by atoms with E-state index in [1.165, 1.54) is 29.5 Å². The third-order valence-corrected chi connectivity index (χ3v) is 4.59. The van der Waals surface area contributed by atoms with Gasteiger partial charge in [0.1, 0.15) is 5.82 Å². The summed E-state index contributed by atoms with van der Waals surface area (Å²) in [5, 5.41) is 11.8. The zero-order valence-corrected chi connectivity index (χ0v) is 13.9. The Hall–Kier alpha value is -1.92. The van der Waals surface area contributed by atoms with E-state index < -0.39 is 17.8 Å². The Balaban J connectivity index is 2.02. The lowest BCUT2D eigenvalue weighted by molar-refractivity contribution is -0.142. The molecule has 7 heteroatoms. The SMILES string of the molecule is Cc1cc(C(NC(=O)CCc2ccc(Cl)s2)C(=O)O)ccc1F. The van der Waals surface area contributed by atoms with E-state index in [1.54, 1.807) is 13.0 Å². The fourth-order valence-electron chi connectivity index (χ4n) is 2.09. The summed E-state index contributed by atoms with van der Waals surface area (Å²) in [6, 6.07) is 6.36. The van der Waals surface area contributed by atoms with Gasteiger partial charge in [-0.1, -0.05) is 23.7 Å². The van der Waals surface area contributed by atoms with E-state index in [9.17, 15) is 19.1 Å². The number of halogens is 2. The molecule has 1 aromatic heterocycles. The van der Waals surface area contributed by atoms with Gasteiger partial charge in [0.05, 0.1) is 4.34 Å². The molecule has 0 spiro atoms. The number of aryl methyl sites for hydroxylation is 2. The van der Waals surface area contributed by atoms with Gasteiger partial charge in [0.25, 0.3) is 0 Å². The van der Waals surface area contributed by atoms with Crippen molar-refractivity contribution < 1.29 is 19.1 Å².